The van der Waals surface area contributed by atoms with Crippen LogP contribution in [-0.4, -0.2) is 0 Å². The summed E-state index contributed by atoms with van der Waals surface area (Å²) >= 11 is 0. The quantitative estimate of drug-likeness (QED) is 0.168. The minimum atomic E-state index is -0.429. The van der Waals surface area contributed by atoms with E-state index in [1.807, 2.05) is 0 Å². The van der Waals surface area contributed by atoms with Crippen molar-refractivity contribution in [1.82, 2.24) is 0 Å². The summed E-state index contributed by atoms with van der Waals surface area (Å²) in [7, 11) is 0. The van der Waals surface area contributed by atoms with Crippen LogP contribution in [0.5, 0.6) is 0 Å². The van der Waals surface area contributed by atoms with Gasteiger partial charge in [-0.15, -0.1) is 0 Å². The number of hydrogen-bond acceptors (Lipinski definition) is 1. The molecule has 1 nitrogen and oxygen atoms in total. The predicted molar refractivity (Wildman–Crippen MR) is 263 cm³/mol. The third-order valence-electron chi connectivity index (χ3n) is 14.5. The van der Waals surface area contributed by atoms with E-state index in [9.17, 15) is 0 Å². The first-order valence-corrected chi connectivity index (χ1v) is 22.2. The van der Waals surface area contributed by atoms with Crippen molar-refractivity contribution in [3.05, 3.63) is 258 Å². The second-order valence-electron chi connectivity index (χ2n) is 18.0. The highest BCUT2D eigenvalue weighted by Gasteiger charge is 2.52. The molecule has 0 saturated carbocycles. The van der Waals surface area contributed by atoms with Crippen LogP contribution < -0.4 is 4.90 Å². The van der Waals surface area contributed by atoms with Crippen LogP contribution in [0.4, 0.5) is 17.1 Å². The van der Waals surface area contributed by atoms with Crippen molar-refractivity contribution in [2.24, 2.45) is 0 Å². The van der Waals surface area contributed by atoms with Crippen molar-refractivity contribution in [3.8, 4) is 55.6 Å². The van der Waals surface area contributed by atoms with Gasteiger partial charge in [0.15, 0.2) is 0 Å². The minimum absolute atomic E-state index is 0.226. The van der Waals surface area contributed by atoms with Crippen molar-refractivity contribution < 1.29 is 0 Å². The summed E-state index contributed by atoms with van der Waals surface area (Å²) in [5, 5.41) is 2.55. The third-order valence-corrected chi connectivity index (χ3v) is 14.5. The highest BCUT2D eigenvalue weighted by molar-refractivity contribution is 6.02. The first-order valence-electron chi connectivity index (χ1n) is 22.2. The summed E-state index contributed by atoms with van der Waals surface area (Å²) in [6.07, 6.45) is 0. The lowest BCUT2D eigenvalue weighted by Gasteiger charge is -2.32. The Morgan fingerprint density at radius 2 is 0.810 bits per heavy atom. The van der Waals surface area contributed by atoms with Gasteiger partial charge in [0, 0.05) is 22.4 Å². The molecule has 0 unspecified atom stereocenters. The van der Waals surface area contributed by atoms with E-state index in [-0.39, 0.29) is 5.41 Å². The molecule has 3 aliphatic carbocycles. The monoisotopic (exact) mass is 801 g/mol. The van der Waals surface area contributed by atoms with E-state index in [4.69, 9.17) is 0 Å². The number of nitrogens with zero attached hydrogens (tertiary/aromatic N) is 1. The van der Waals surface area contributed by atoms with Gasteiger partial charge in [0.25, 0.3) is 0 Å². The van der Waals surface area contributed by atoms with Gasteiger partial charge in [-0.3, -0.25) is 0 Å². The van der Waals surface area contributed by atoms with Gasteiger partial charge < -0.3 is 4.90 Å². The molecule has 0 saturated heterocycles. The first kappa shape index (κ1) is 36.0. The molecule has 296 valence electrons. The third kappa shape index (κ3) is 4.99. The lowest BCUT2D eigenvalue weighted by Crippen LogP contribution is -2.26. The smallest absolute Gasteiger partial charge is 0.0726 e. The molecule has 10 aromatic carbocycles. The molecule has 0 atom stereocenters. The van der Waals surface area contributed by atoms with Crippen LogP contribution in [0.15, 0.2) is 224 Å². The van der Waals surface area contributed by atoms with Crippen LogP contribution in [0.2, 0.25) is 0 Å². The highest BCUT2D eigenvalue weighted by Crippen LogP contribution is 2.65. The fourth-order valence-electron chi connectivity index (χ4n) is 11.7. The molecule has 0 fully saturated rings. The zero-order chi connectivity index (χ0) is 41.9. The average Bonchev–Trinajstić information content (AvgIpc) is 3.90. The Labute approximate surface area is 369 Å². The maximum Gasteiger partial charge on any atom is 0.0726 e. The molecule has 0 N–H and O–H groups in total. The second-order valence-corrected chi connectivity index (χ2v) is 18.0. The van der Waals surface area contributed by atoms with E-state index in [0.29, 0.717) is 0 Å². The van der Waals surface area contributed by atoms with Crippen molar-refractivity contribution in [3.63, 3.8) is 0 Å². The van der Waals surface area contributed by atoms with Gasteiger partial charge in [0.2, 0.25) is 0 Å². The molecular weight excluding hydrogens is 759 g/mol. The Kier molecular flexibility index (Phi) is 7.64. The van der Waals surface area contributed by atoms with E-state index in [0.717, 1.165) is 11.4 Å². The molecule has 0 amide bonds. The topological polar surface area (TPSA) is 3.24 Å². The summed E-state index contributed by atoms with van der Waals surface area (Å²) in [6, 6.07) is 83.9. The Hall–Kier alpha value is -7.74. The van der Waals surface area contributed by atoms with E-state index in [1.165, 1.54) is 105 Å². The largest absolute Gasteiger partial charge is 0.310 e. The molecular formula is C62H43N. The molecule has 0 heterocycles. The molecule has 0 aliphatic heterocycles. The Balaban J connectivity index is 1.02. The first-order chi connectivity index (χ1) is 31.0. The average molecular weight is 802 g/mol. The maximum atomic E-state index is 2.52. The molecule has 0 aromatic heterocycles. The summed E-state index contributed by atoms with van der Waals surface area (Å²) in [5.41, 5.74) is 23.7. The maximum absolute atomic E-state index is 2.52. The fraction of sp³-hybridized carbons (Fsp3) is 0.0645. The number of anilines is 3. The zero-order valence-electron chi connectivity index (χ0n) is 35.3. The van der Waals surface area contributed by atoms with Gasteiger partial charge in [-0.25, -0.2) is 0 Å². The van der Waals surface area contributed by atoms with Gasteiger partial charge in [-0.05, 0) is 131 Å². The van der Waals surface area contributed by atoms with Gasteiger partial charge in [0.05, 0.1) is 11.1 Å². The molecule has 1 heteroatoms. The Morgan fingerprint density at radius 3 is 1.56 bits per heavy atom. The van der Waals surface area contributed by atoms with Gasteiger partial charge in [0.1, 0.15) is 0 Å². The van der Waals surface area contributed by atoms with Crippen LogP contribution in [-0.2, 0) is 10.8 Å². The fourth-order valence-corrected chi connectivity index (χ4v) is 11.7. The highest BCUT2D eigenvalue weighted by atomic mass is 15.1. The summed E-state index contributed by atoms with van der Waals surface area (Å²) in [6.45, 7) is 4.81. The normalized spacial score (nSPS) is 14.1. The SMILES string of the molecule is CC1(C)c2cc(-c3cccc4ccccc34)ccc2-c2ccc(N(c3ccc(-c4ccccc4)cc3)c3cccc4c3-c3ccccc3C43c4ccccc4-c4ccccc43)cc21. The van der Waals surface area contributed by atoms with Crippen molar-refractivity contribution in [1.29, 1.82) is 0 Å². The number of fused-ring (bicyclic) bond motifs is 14. The standard InChI is InChI=1S/C62H43N/c1-61(2)57-38-43(47-24-14-19-42-18-6-7-20-46(42)47)32-36-50(57)51-37-35-45(39-58(51)61)63(44-33-30-41(31-34-44)40-16-4-3-5-17-40)59-29-15-28-56-60(59)52-23-10-13-27-55(52)62(56)53-25-11-8-21-48(53)49-22-9-12-26-54(49)62/h3-39H,1-2H3. The molecule has 63 heavy (non-hydrogen) atoms. The van der Waals surface area contributed by atoms with Crippen LogP contribution >= 0.6 is 0 Å². The summed E-state index contributed by atoms with van der Waals surface area (Å²) in [5.74, 6) is 0. The van der Waals surface area contributed by atoms with E-state index < -0.39 is 5.41 Å². The molecule has 0 radical (unpaired) electrons. The molecule has 10 aromatic rings. The molecule has 13 rings (SSSR count). The Morgan fingerprint density at radius 1 is 0.317 bits per heavy atom. The van der Waals surface area contributed by atoms with Gasteiger partial charge in [-0.1, -0.05) is 202 Å². The molecule has 0 bridgehead atoms. The van der Waals surface area contributed by atoms with Crippen molar-refractivity contribution in [2.45, 2.75) is 24.7 Å². The lowest BCUT2D eigenvalue weighted by atomic mass is 9.70. The Bertz CT molecular complexity index is 3430. The lowest BCUT2D eigenvalue weighted by molar-refractivity contribution is 0.660. The van der Waals surface area contributed by atoms with Crippen molar-refractivity contribution in [2.75, 3.05) is 4.90 Å². The van der Waals surface area contributed by atoms with Crippen LogP contribution in [0.1, 0.15) is 47.2 Å². The number of rotatable bonds is 5. The van der Waals surface area contributed by atoms with Crippen LogP contribution in [0.3, 0.4) is 0 Å². The van der Waals surface area contributed by atoms with Crippen molar-refractivity contribution >= 4 is 27.8 Å². The zero-order valence-corrected chi connectivity index (χ0v) is 35.3. The van der Waals surface area contributed by atoms with E-state index in [2.05, 4.69) is 243 Å². The van der Waals surface area contributed by atoms with E-state index >= 15 is 0 Å². The summed E-state index contributed by atoms with van der Waals surface area (Å²) < 4.78 is 0. The van der Waals surface area contributed by atoms with E-state index in [1.54, 1.807) is 0 Å². The van der Waals surface area contributed by atoms with Gasteiger partial charge >= 0.3 is 0 Å². The minimum Gasteiger partial charge on any atom is -0.310 e. The predicted octanol–water partition coefficient (Wildman–Crippen LogP) is 16.3. The molecule has 1 spiro atoms. The number of benzene rings is 10. The summed E-state index contributed by atoms with van der Waals surface area (Å²) in [4.78, 5) is 2.52. The number of hydrogen-bond donors (Lipinski definition) is 0. The van der Waals surface area contributed by atoms with Crippen LogP contribution in [0.25, 0.3) is 66.4 Å². The second kappa shape index (κ2) is 13.4. The van der Waals surface area contributed by atoms with Crippen LogP contribution in [0, 0.1) is 0 Å². The van der Waals surface area contributed by atoms with Gasteiger partial charge in [-0.2, -0.15) is 0 Å². The molecule has 3 aliphatic rings.